The van der Waals surface area contributed by atoms with Crippen molar-refractivity contribution >= 4 is 50.0 Å². The van der Waals surface area contributed by atoms with Crippen LogP contribution in [-0.4, -0.2) is 56.6 Å². The van der Waals surface area contributed by atoms with Crippen LogP contribution in [0.2, 0.25) is 0 Å². The van der Waals surface area contributed by atoms with Crippen molar-refractivity contribution in [2.24, 2.45) is 28.7 Å². The first-order valence-electron chi connectivity index (χ1n) is 31.8. The van der Waals surface area contributed by atoms with Gasteiger partial charge >= 0.3 is 0 Å². The zero-order valence-corrected chi connectivity index (χ0v) is 50.7. The SMILES string of the molecule is Cc1cc(-c2nn(C(c3ccccc3)(c3ccccc3)c3ccccc3)c3ccc(C(=O)CC4CCCC(Cn5ncc6ccccc65)C4)cc23)ccn1.Cc1cc(C2=NCc3ccc(C(=O)CC4CCCC(Cn5ncc6ccccc65)C4)cc32)ccn1. The van der Waals surface area contributed by atoms with Crippen LogP contribution >= 0.6 is 0 Å². The Labute approximate surface area is 520 Å². The van der Waals surface area contributed by atoms with Crippen LogP contribution in [0, 0.1) is 37.5 Å². The second-order valence-corrected chi connectivity index (χ2v) is 25.0. The van der Waals surface area contributed by atoms with Crippen molar-refractivity contribution in [1.82, 2.24) is 39.3 Å². The van der Waals surface area contributed by atoms with E-state index >= 15 is 0 Å². The van der Waals surface area contributed by atoms with Crippen LogP contribution in [0.1, 0.15) is 130 Å². The molecule has 0 bridgehead atoms. The number of aryl methyl sites for hydroxylation is 2. The molecule has 5 aromatic heterocycles. The van der Waals surface area contributed by atoms with Crippen molar-refractivity contribution < 1.29 is 9.59 Å². The van der Waals surface area contributed by atoms with Crippen LogP contribution in [0.15, 0.2) is 230 Å². The number of hydrogen-bond acceptors (Lipinski definition) is 8. The lowest BCUT2D eigenvalue weighted by molar-refractivity contribution is 0.0928. The fraction of sp³-hybridized carbons (Fsp3) is 0.256. The number of aromatic nitrogens is 8. The molecule has 12 aromatic rings. The maximum Gasteiger partial charge on any atom is 0.163 e. The Balaban J connectivity index is 0.000000171. The number of ketones is 2. The molecule has 89 heavy (non-hydrogen) atoms. The van der Waals surface area contributed by atoms with Crippen LogP contribution in [0.25, 0.3) is 44.0 Å². The normalized spacial score (nSPS) is 17.5. The number of benzene rings is 7. The van der Waals surface area contributed by atoms with Crippen molar-refractivity contribution in [1.29, 1.82) is 0 Å². The Morgan fingerprint density at radius 1 is 0.494 bits per heavy atom. The maximum absolute atomic E-state index is 14.3. The van der Waals surface area contributed by atoms with E-state index in [1.165, 1.54) is 46.6 Å². The summed E-state index contributed by atoms with van der Waals surface area (Å²) >= 11 is 0. The van der Waals surface area contributed by atoms with Crippen LogP contribution < -0.4 is 0 Å². The van der Waals surface area contributed by atoms with Gasteiger partial charge in [-0.1, -0.05) is 152 Å². The lowest BCUT2D eigenvalue weighted by Gasteiger charge is -2.37. The van der Waals surface area contributed by atoms with Crippen LogP contribution in [0.4, 0.5) is 0 Å². The van der Waals surface area contributed by atoms with E-state index in [9.17, 15) is 9.59 Å². The number of nitrogens with zero attached hydrogens (tertiary/aromatic N) is 9. The standard InChI is InChI=1S/C48H43N5O.C30H30N4O/c1-34-28-38(26-27-49-34)47-43-31-37(46(54)30-35-14-13-15-36(29-35)33-52-44-23-12-11-16-39(44)32-50-52)24-25-45(43)53(51-47)48(40-17-5-2-6-18-40,41-19-7-3-8-20-41)42-21-9-4-10-22-42;1-20-13-24(11-12-31-20)30-27-16-23(9-10-25(27)17-32-30)29(35)15-21-5-4-6-22(14-21)19-34-28-8-3-2-7-26(28)18-33-34/h2-12,16-28,31-32,35-36H,13-15,29-30,33H2,1H3;2-3,7-13,16,18,21-22H,4-6,14-15,17,19H2,1H3. The Hall–Kier alpha value is -9.74. The molecule has 4 atom stereocenters. The molecule has 7 aromatic carbocycles. The summed E-state index contributed by atoms with van der Waals surface area (Å²) in [6.45, 7) is 6.50. The molecule has 0 spiro atoms. The summed E-state index contributed by atoms with van der Waals surface area (Å²) in [5.74, 6) is 2.30. The molecule has 3 aliphatic rings. The summed E-state index contributed by atoms with van der Waals surface area (Å²) in [4.78, 5) is 41.2. The number of carbonyl (C=O) groups is 2. The maximum atomic E-state index is 14.3. The highest BCUT2D eigenvalue weighted by molar-refractivity contribution is 6.16. The minimum absolute atomic E-state index is 0.192. The van der Waals surface area contributed by atoms with Gasteiger partial charge in [0.1, 0.15) is 11.2 Å². The van der Waals surface area contributed by atoms with Crippen molar-refractivity contribution in [2.45, 2.75) is 103 Å². The first-order chi connectivity index (χ1) is 43.7. The lowest BCUT2D eigenvalue weighted by Crippen LogP contribution is -2.38. The predicted octanol–water partition coefficient (Wildman–Crippen LogP) is 16.8. The lowest BCUT2D eigenvalue weighted by atomic mass is 9.77. The summed E-state index contributed by atoms with van der Waals surface area (Å²) in [5, 5.41) is 18.2. The van der Waals surface area contributed by atoms with E-state index in [4.69, 9.17) is 15.2 Å². The fourth-order valence-electron chi connectivity index (χ4n) is 14.8. The fourth-order valence-corrected chi connectivity index (χ4v) is 14.8. The molecular weight excluding hydrogens is 1090 g/mol. The van der Waals surface area contributed by atoms with E-state index in [0.29, 0.717) is 43.1 Å². The van der Waals surface area contributed by atoms with Crippen LogP contribution in [0.3, 0.4) is 0 Å². The Morgan fingerprint density at radius 2 is 0.978 bits per heavy atom. The second-order valence-electron chi connectivity index (χ2n) is 25.0. The smallest absolute Gasteiger partial charge is 0.163 e. The number of fused-ring (bicyclic) bond motifs is 4. The van der Waals surface area contributed by atoms with Crippen molar-refractivity contribution in [3.05, 3.63) is 281 Å². The number of pyridine rings is 2. The zero-order chi connectivity index (χ0) is 60.3. The van der Waals surface area contributed by atoms with E-state index in [1.54, 1.807) is 0 Å². The molecule has 442 valence electrons. The summed E-state index contributed by atoms with van der Waals surface area (Å²) < 4.78 is 6.48. The molecule has 0 radical (unpaired) electrons. The number of Topliss-reactive ketones (excluding diaryl/α,β-unsaturated/α-hetero) is 2. The second kappa shape index (κ2) is 25.2. The Morgan fingerprint density at radius 3 is 1.53 bits per heavy atom. The quantitative estimate of drug-likeness (QED) is 0.0697. The number of aliphatic imine (C=N–C) groups is 1. The molecule has 2 saturated carbocycles. The topological polar surface area (TPSA) is 126 Å². The molecule has 0 amide bonds. The van der Waals surface area contributed by atoms with Gasteiger partial charge in [0.15, 0.2) is 11.6 Å². The van der Waals surface area contributed by atoms with Crippen molar-refractivity contribution in [2.75, 3.05) is 0 Å². The highest BCUT2D eigenvalue weighted by Crippen LogP contribution is 2.45. The number of para-hydroxylation sites is 2. The van der Waals surface area contributed by atoms with E-state index in [2.05, 4.69) is 205 Å². The number of hydrogen-bond donors (Lipinski definition) is 0. The van der Waals surface area contributed by atoms with Gasteiger partial charge in [-0.15, -0.1) is 0 Å². The van der Waals surface area contributed by atoms with Gasteiger partial charge in [0.05, 0.1) is 41.2 Å². The molecule has 11 nitrogen and oxygen atoms in total. The highest BCUT2D eigenvalue weighted by Gasteiger charge is 2.41. The number of rotatable bonds is 16. The third kappa shape index (κ3) is 11.7. The van der Waals surface area contributed by atoms with Crippen LogP contribution in [-0.2, 0) is 25.2 Å². The molecule has 2 aliphatic carbocycles. The molecular formula is C78H73N9O2. The molecule has 11 heteroatoms. The molecule has 1 aliphatic heterocycles. The molecule has 0 saturated heterocycles. The van der Waals surface area contributed by atoms with Gasteiger partial charge in [0.2, 0.25) is 0 Å². The van der Waals surface area contributed by atoms with Gasteiger partial charge in [0, 0.05) is 93.7 Å². The molecule has 6 heterocycles. The molecule has 4 unspecified atom stereocenters. The minimum atomic E-state index is -0.801. The van der Waals surface area contributed by atoms with E-state index in [-0.39, 0.29) is 11.6 Å². The molecule has 15 rings (SSSR count). The average molecular weight is 1170 g/mol. The van der Waals surface area contributed by atoms with Gasteiger partial charge in [-0.2, -0.15) is 15.3 Å². The third-order valence-corrected chi connectivity index (χ3v) is 19.0. The predicted molar refractivity (Wildman–Crippen MR) is 355 cm³/mol. The van der Waals surface area contributed by atoms with Gasteiger partial charge in [-0.05, 0) is 159 Å². The van der Waals surface area contributed by atoms with Crippen LogP contribution in [0.5, 0.6) is 0 Å². The molecule has 0 N–H and O–H groups in total. The van der Waals surface area contributed by atoms with Gasteiger partial charge in [0.25, 0.3) is 0 Å². The first-order valence-corrected chi connectivity index (χ1v) is 31.8. The van der Waals surface area contributed by atoms with Gasteiger partial charge in [-0.3, -0.25) is 33.9 Å². The monoisotopic (exact) mass is 1170 g/mol. The van der Waals surface area contributed by atoms with E-state index in [0.717, 1.165) is 123 Å². The van der Waals surface area contributed by atoms with Crippen molar-refractivity contribution in [3.63, 3.8) is 0 Å². The largest absolute Gasteiger partial charge is 0.294 e. The first kappa shape index (κ1) is 57.0. The Bertz CT molecular complexity index is 4450. The highest BCUT2D eigenvalue weighted by atomic mass is 16.1. The zero-order valence-electron chi connectivity index (χ0n) is 50.7. The Kier molecular flexibility index (Phi) is 16.1. The average Bonchev–Trinajstić information content (AvgIpc) is 1.68. The summed E-state index contributed by atoms with van der Waals surface area (Å²) in [6, 6.07) is 69.2. The minimum Gasteiger partial charge on any atom is -0.294 e. The van der Waals surface area contributed by atoms with Crippen molar-refractivity contribution in [3.8, 4) is 11.3 Å². The third-order valence-electron chi connectivity index (χ3n) is 19.0. The summed E-state index contributed by atoms with van der Waals surface area (Å²) in [7, 11) is 0. The van der Waals surface area contributed by atoms with E-state index in [1.807, 2.05) is 62.9 Å². The number of carbonyl (C=O) groups excluding carboxylic acids is 2. The van der Waals surface area contributed by atoms with Gasteiger partial charge in [-0.25, -0.2) is 4.68 Å². The van der Waals surface area contributed by atoms with E-state index < -0.39 is 5.54 Å². The molecule has 2 fully saturated rings. The summed E-state index contributed by atoms with van der Waals surface area (Å²) in [5.41, 5.74) is 15.4. The summed E-state index contributed by atoms with van der Waals surface area (Å²) in [6.07, 6.45) is 17.8. The van der Waals surface area contributed by atoms with Gasteiger partial charge < -0.3 is 0 Å².